The topological polar surface area (TPSA) is 34.0 Å². The van der Waals surface area contributed by atoms with Gasteiger partial charge in [0.15, 0.2) is 5.82 Å². The summed E-state index contributed by atoms with van der Waals surface area (Å²) in [5, 5.41) is 4.50. The molecule has 4 nitrogen and oxygen atoms in total. The molecule has 1 fully saturated rings. The number of aromatic nitrogens is 3. The molecule has 1 aliphatic heterocycles. The fourth-order valence-electron chi connectivity index (χ4n) is 3.10. The zero-order chi connectivity index (χ0) is 14.8. The van der Waals surface area contributed by atoms with Crippen molar-refractivity contribution >= 4 is 0 Å². The van der Waals surface area contributed by atoms with Crippen LogP contribution in [0.2, 0.25) is 0 Å². The molecule has 1 aromatic carbocycles. The Morgan fingerprint density at radius 2 is 1.81 bits per heavy atom. The summed E-state index contributed by atoms with van der Waals surface area (Å²) in [5.74, 6) is 1.86. The van der Waals surface area contributed by atoms with Crippen LogP contribution in [0, 0.1) is 0 Å². The highest BCUT2D eigenvalue weighted by Crippen LogP contribution is 2.26. The molecule has 0 radical (unpaired) electrons. The smallest absolute Gasteiger partial charge is 0.181 e. The lowest BCUT2D eigenvalue weighted by Gasteiger charge is -2.24. The van der Waals surface area contributed by atoms with Crippen molar-refractivity contribution in [2.75, 3.05) is 13.1 Å². The molecule has 0 aliphatic carbocycles. The molecule has 0 spiro atoms. The zero-order valence-electron chi connectivity index (χ0n) is 13.2. The first-order valence-electron chi connectivity index (χ1n) is 7.93. The number of rotatable bonds is 4. The molecule has 1 aromatic heterocycles. The van der Waals surface area contributed by atoms with Crippen molar-refractivity contribution in [1.82, 2.24) is 19.7 Å². The van der Waals surface area contributed by atoms with Gasteiger partial charge in [-0.05, 0) is 38.4 Å². The maximum atomic E-state index is 4.59. The first kappa shape index (κ1) is 14.3. The monoisotopic (exact) mass is 284 g/mol. The highest BCUT2D eigenvalue weighted by Gasteiger charge is 2.19. The second-order valence-corrected chi connectivity index (χ2v) is 5.87. The molecule has 1 atom stereocenters. The lowest BCUT2D eigenvalue weighted by molar-refractivity contribution is 0.263. The van der Waals surface area contributed by atoms with Crippen molar-refractivity contribution in [1.29, 1.82) is 0 Å². The van der Waals surface area contributed by atoms with Gasteiger partial charge >= 0.3 is 0 Å². The first-order chi connectivity index (χ1) is 10.2. The summed E-state index contributed by atoms with van der Waals surface area (Å²) in [7, 11) is 1.96. The maximum Gasteiger partial charge on any atom is 0.181 e. The first-order valence-corrected chi connectivity index (χ1v) is 7.93. The Morgan fingerprint density at radius 1 is 1.14 bits per heavy atom. The number of likely N-dealkylation sites (tertiary alicyclic amines) is 1. The lowest BCUT2D eigenvalue weighted by atomic mass is 10.0. The molecule has 1 saturated heterocycles. The highest BCUT2D eigenvalue weighted by molar-refractivity contribution is 5.55. The van der Waals surface area contributed by atoms with E-state index in [0.717, 1.165) is 23.6 Å². The number of nitrogens with zero attached hydrogens (tertiary/aromatic N) is 4. The van der Waals surface area contributed by atoms with Crippen LogP contribution in [0.15, 0.2) is 24.3 Å². The Kier molecular flexibility index (Phi) is 4.06. The standard InChI is InChI=1S/C17H24N4/c1-4-16-18-17(19-20(16)3)15-9-7-14(8-10-15)13(2)21-11-5-6-12-21/h7-10,13H,4-6,11-12H2,1-3H3/t13-/m0/s1. The van der Waals surface area contributed by atoms with Gasteiger partial charge in [0.1, 0.15) is 5.82 Å². The summed E-state index contributed by atoms with van der Waals surface area (Å²) >= 11 is 0. The summed E-state index contributed by atoms with van der Waals surface area (Å²) in [4.78, 5) is 7.15. The molecule has 1 aliphatic rings. The fourth-order valence-corrected chi connectivity index (χ4v) is 3.10. The summed E-state index contributed by atoms with van der Waals surface area (Å²) in [6.45, 7) is 6.86. The van der Waals surface area contributed by atoms with Gasteiger partial charge in [0.25, 0.3) is 0 Å². The Morgan fingerprint density at radius 3 is 2.38 bits per heavy atom. The Labute approximate surface area is 126 Å². The minimum Gasteiger partial charge on any atom is -0.297 e. The third-order valence-electron chi connectivity index (χ3n) is 4.51. The van der Waals surface area contributed by atoms with Crippen LogP contribution in [-0.4, -0.2) is 32.8 Å². The Hall–Kier alpha value is -1.68. The quantitative estimate of drug-likeness (QED) is 0.864. The van der Waals surface area contributed by atoms with Gasteiger partial charge in [-0.1, -0.05) is 31.2 Å². The number of hydrogen-bond donors (Lipinski definition) is 0. The molecular weight excluding hydrogens is 260 g/mol. The summed E-state index contributed by atoms with van der Waals surface area (Å²) < 4.78 is 1.87. The maximum absolute atomic E-state index is 4.59. The third kappa shape index (κ3) is 2.86. The van der Waals surface area contributed by atoms with E-state index in [1.165, 1.54) is 31.5 Å². The van der Waals surface area contributed by atoms with E-state index < -0.39 is 0 Å². The molecule has 2 heterocycles. The van der Waals surface area contributed by atoms with Gasteiger partial charge < -0.3 is 0 Å². The summed E-state index contributed by atoms with van der Waals surface area (Å²) in [6.07, 6.45) is 3.58. The number of benzene rings is 1. The van der Waals surface area contributed by atoms with E-state index in [0.29, 0.717) is 6.04 Å². The van der Waals surface area contributed by atoms with E-state index in [9.17, 15) is 0 Å². The van der Waals surface area contributed by atoms with Gasteiger partial charge in [-0.3, -0.25) is 9.58 Å². The van der Waals surface area contributed by atoms with E-state index in [2.05, 4.69) is 53.1 Å². The summed E-state index contributed by atoms with van der Waals surface area (Å²) in [6, 6.07) is 9.25. The van der Waals surface area contributed by atoms with Crippen LogP contribution in [0.5, 0.6) is 0 Å². The molecule has 4 heteroatoms. The van der Waals surface area contributed by atoms with Crippen molar-refractivity contribution < 1.29 is 0 Å². The molecule has 0 unspecified atom stereocenters. The van der Waals surface area contributed by atoms with Crippen LogP contribution in [0.25, 0.3) is 11.4 Å². The Balaban J connectivity index is 1.79. The van der Waals surface area contributed by atoms with Crippen molar-refractivity contribution in [2.24, 2.45) is 7.05 Å². The van der Waals surface area contributed by atoms with E-state index in [1.807, 2.05) is 11.7 Å². The van der Waals surface area contributed by atoms with Gasteiger partial charge in [-0.15, -0.1) is 0 Å². The van der Waals surface area contributed by atoms with Gasteiger partial charge in [0.05, 0.1) is 0 Å². The van der Waals surface area contributed by atoms with Crippen LogP contribution < -0.4 is 0 Å². The van der Waals surface area contributed by atoms with Crippen LogP contribution >= 0.6 is 0 Å². The van der Waals surface area contributed by atoms with Gasteiger partial charge in [0, 0.05) is 25.1 Å². The van der Waals surface area contributed by atoms with Crippen molar-refractivity contribution in [3.05, 3.63) is 35.7 Å². The average Bonchev–Trinajstić information content (AvgIpc) is 3.16. The minimum atomic E-state index is 0.504. The molecule has 0 saturated carbocycles. The van der Waals surface area contributed by atoms with E-state index >= 15 is 0 Å². The minimum absolute atomic E-state index is 0.504. The van der Waals surface area contributed by atoms with E-state index in [1.54, 1.807) is 0 Å². The molecule has 2 aromatic rings. The number of aryl methyl sites for hydroxylation is 2. The van der Waals surface area contributed by atoms with Gasteiger partial charge in [-0.2, -0.15) is 5.10 Å². The van der Waals surface area contributed by atoms with Crippen LogP contribution in [0.3, 0.4) is 0 Å². The lowest BCUT2D eigenvalue weighted by Crippen LogP contribution is -2.23. The fraction of sp³-hybridized carbons (Fsp3) is 0.529. The predicted octanol–water partition coefficient (Wildman–Crippen LogP) is 3.20. The van der Waals surface area contributed by atoms with Crippen LogP contribution in [-0.2, 0) is 13.5 Å². The molecule has 21 heavy (non-hydrogen) atoms. The molecular formula is C17H24N4. The molecule has 112 valence electrons. The Bertz CT molecular complexity index is 594. The largest absolute Gasteiger partial charge is 0.297 e. The second-order valence-electron chi connectivity index (χ2n) is 5.87. The van der Waals surface area contributed by atoms with Crippen LogP contribution in [0.4, 0.5) is 0 Å². The van der Waals surface area contributed by atoms with Gasteiger partial charge in [-0.25, -0.2) is 4.98 Å². The normalized spacial score (nSPS) is 17.3. The SMILES string of the molecule is CCc1nc(-c2ccc([C@H](C)N3CCCC3)cc2)nn1C. The average molecular weight is 284 g/mol. The van der Waals surface area contributed by atoms with E-state index in [4.69, 9.17) is 0 Å². The molecule has 0 N–H and O–H groups in total. The zero-order valence-corrected chi connectivity index (χ0v) is 13.2. The van der Waals surface area contributed by atoms with Crippen molar-refractivity contribution in [3.63, 3.8) is 0 Å². The second kappa shape index (κ2) is 5.98. The van der Waals surface area contributed by atoms with Crippen molar-refractivity contribution in [2.45, 2.75) is 39.2 Å². The predicted molar refractivity (Wildman–Crippen MR) is 85.0 cm³/mol. The molecule has 0 amide bonds. The van der Waals surface area contributed by atoms with Crippen LogP contribution in [0.1, 0.15) is 44.1 Å². The molecule has 3 rings (SSSR count). The van der Waals surface area contributed by atoms with Gasteiger partial charge in [0.2, 0.25) is 0 Å². The van der Waals surface area contributed by atoms with Crippen molar-refractivity contribution in [3.8, 4) is 11.4 Å². The number of hydrogen-bond acceptors (Lipinski definition) is 3. The van der Waals surface area contributed by atoms with E-state index in [-0.39, 0.29) is 0 Å². The highest BCUT2D eigenvalue weighted by atomic mass is 15.3. The summed E-state index contributed by atoms with van der Waals surface area (Å²) in [5.41, 5.74) is 2.48. The molecule has 0 bridgehead atoms. The third-order valence-corrected chi connectivity index (χ3v) is 4.51.